The van der Waals surface area contributed by atoms with Gasteiger partial charge in [0.2, 0.25) is 0 Å². The predicted octanol–water partition coefficient (Wildman–Crippen LogP) is 0.433. The molecule has 0 heterocycles. The number of hydrogen-bond acceptors (Lipinski definition) is 4. The van der Waals surface area contributed by atoms with Crippen LogP contribution in [0.5, 0.6) is 0 Å². The number of nitrogens with one attached hydrogen (secondary N) is 1. The zero-order chi connectivity index (χ0) is 8.20. The lowest BCUT2D eigenvalue weighted by atomic mass is 10.8. The summed E-state index contributed by atoms with van der Waals surface area (Å²) in [5.74, 6) is 0.408. The molecule has 0 spiro atoms. The van der Waals surface area contributed by atoms with Crippen molar-refractivity contribution in [3.63, 3.8) is 0 Å². The lowest BCUT2D eigenvalue weighted by Gasteiger charge is -2.27. The standard InChI is InChI=1S/C5H16N2O2S/c1-7(2)6-4-5-10(3,8)9/h6,8-9H,4-5H2,1-3H3. The quantitative estimate of drug-likeness (QED) is 0.533. The van der Waals surface area contributed by atoms with E-state index < -0.39 is 10.6 Å². The van der Waals surface area contributed by atoms with Gasteiger partial charge in [-0.15, -0.1) is 0 Å². The number of rotatable bonds is 4. The molecule has 3 N–H and O–H groups in total. The zero-order valence-electron chi connectivity index (χ0n) is 6.66. The van der Waals surface area contributed by atoms with Crippen LogP contribution < -0.4 is 5.43 Å². The largest absolute Gasteiger partial charge is 0.300 e. The Kier molecular flexibility index (Phi) is 4.23. The van der Waals surface area contributed by atoms with Crippen molar-refractivity contribution in [2.24, 2.45) is 0 Å². The Morgan fingerprint density at radius 2 is 1.90 bits per heavy atom. The summed E-state index contributed by atoms with van der Waals surface area (Å²) < 4.78 is 17.8. The van der Waals surface area contributed by atoms with Crippen LogP contribution in [-0.4, -0.2) is 46.8 Å². The molecule has 5 heteroatoms. The highest BCUT2D eigenvalue weighted by Crippen LogP contribution is 2.31. The van der Waals surface area contributed by atoms with E-state index in [0.29, 0.717) is 12.3 Å². The molecule has 0 unspecified atom stereocenters. The van der Waals surface area contributed by atoms with E-state index in [1.54, 1.807) is 5.01 Å². The highest BCUT2D eigenvalue weighted by atomic mass is 32.3. The average molecular weight is 168 g/mol. The molecule has 0 radical (unpaired) electrons. The second kappa shape index (κ2) is 4.15. The van der Waals surface area contributed by atoms with Crippen molar-refractivity contribution in [1.82, 2.24) is 10.4 Å². The van der Waals surface area contributed by atoms with Crippen molar-refractivity contribution in [2.75, 3.05) is 32.6 Å². The maximum Gasteiger partial charge on any atom is 0.0510 e. The van der Waals surface area contributed by atoms with E-state index >= 15 is 0 Å². The first-order valence-electron chi connectivity index (χ1n) is 3.03. The summed E-state index contributed by atoms with van der Waals surface area (Å²) in [7, 11) is 1.42. The summed E-state index contributed by atoms with van der Waals surface area (Å²) in [5, 5.41) is 1.78. The summed E-state index contributed by atoms with van der Waals surface area (Å²) >= 11 is 0. The first kappa shape index (κ1) is 10.2. The zero-order valence-corrected chi connectivity index (χ0v) is 7.48. The average Bonchev–Trinajstić information content (AvgIpc) is 1.59. The Bertz CT molecular complexity index is 92.1. The highest BCUT2D eigenvalue weighted by Gasteiger charge is 2.01. The summed E-state index contributed by atoms with van der Waals surface area (Å²) in [6.07, 6.45) is 1.45. The Labute approximate surface area is 63.5 Å². The van der Waals surface area contributed by atoms with Crippen LogP contribution in [0.4, 0.5) is 0 Å². The minimum absolute atomic E-state index is 0.408. The summed E-state index contributed by atoms with van der Waals surface area (Å²) in [4.78, 5) is 0. The van der Waals surface area contributed by atoms with Gasteiger partial charge < -0.3 is 0 Å². The highest BCUT2D eigenvalue weighted by molar-refractivity contribution is 8.23. The first-order valence-corrected chi connectivity index (χ1v) is 5.16. The fourth-order valence-electron chi connectivity index (χ4n) is 0.463. The van der Waals surface area contributed by atoms with Crippen molar-refractivity contribution >= 4 is 10.6 Å². The van der Waals surface area contributed by atoms with Crippen LogP contribution in [-0.2, 0) is 0 Å². The van der Waals surface area contributed by atoms with Gasteiger partial charge >= 0.3 is 0 Å². The van der Waals surface area contributed by atoms with Crippen molar-refractivity contribution in [2.45, 2.75) is 0 Å². The molecular weight excluding hydrogens is 152 g/mol. The van der Waals surface area contributed by atoms with Gasteiger partial charge in [0.15, 0.2) is 0 Å². The third-order valence-electron chi connectivity index (χ3n) is 0.917. The van der Waals surface area contributed by atoms with E-state index in [4.69, 9.17) is 9.11 Å². The summed E-state index contributed by atoms with van der Waals surface area (Å²) in [6, 6.07) is 0. The molecule has 10 heavy (non-hydrogen) atoms. The van der Waals surface area contributed by atoms with Crippen LogP contribution in [0.1, 0.15) is 0 Å². The maximum absolute atomic E-state index is 8.91. The molecule has 4 nitrogen and oxygen atoms in total. The number of hydrazine groups is 1. The molecule has 0 aliphatic rings. The topological polar surface area (TPSA) is 55.7 Å². The van der Waals surface area contributed by atoms with Crippen molar-refractivity contribution in [3.8, 4) is 0 Å². The van der Waals surface area contributed by atoms with Gasteiger partial charge in [-0.3, -0.25) is 19.5 Å². The second-order valence-corrected chi connectivity index (χ2v) is 4.90. The monoisotopic (exact) mass is 168 g/mol. The van der Waals surface area contributed by atoms with E-state index in [-0.39, 0.29) is 0 Å². The fourth-order valence-corrected chi connectivity index (χ4v) is 0.941. The van der Waals surface area contributed by atoms with E-state index in [0.717, 1.165) is 0 Å². The molecule has 0 aromatic carbocycles. The minimum atomic E-state index is -2.31. The van der Waals surface area contributed by atoms with E-state index in [1.807, 2.05) is 14.1 Å². The molecule has 0 rings (SSSR count). The Morgan fingerprint density at radius 1 is 1.40 bits per heavy atom. The molecule has 0 aromatic heterocycles. The van der Waals surface area contributed by atoms with Gasteiger partial charge in [0.25, 0.3) is 0 Å². The van der Waals surface area contributed by atoms with Crippen molar-refractivity contribution in [3.05, 3.63) is 0 Å². The molecule has 64 valence electrons. The van der Waals surface area contributed by atoms with Crippen LogP contribution in [0.15, 0.2) is 0 Å². The summed E-state index contributed by atoms with van der Waals surface area (Å²) in [6.45, 7) is 0.603. The molecule has 0 bridgehead atoms. The fraction of sp³-hybridized carbons (Fsp3) is 1.00. The second-order valence-electron chi connectivity index (χ2n) is 2.50. The minimum Gasteiger partial charge on any atom is -0.300 e. The molecule has 0 amide bonds. The van der Waals surface area contributed by atoms with Gasteiger partial charge in [0, 0.05) is 26.9 Å². The lowest BCUT2D eigenvalue weighted by molar-refractivity contribution is 0.298. The normalized spacial score (nSPS) is 14.2. The van der Waals surface area contributed by atoms with Gasteiger partial charge in [-0.05, 0) is 0 Å². The Morgan fingerprint density at radius 3 is 2.20 bits per heavy atom. The van der Waals surface area contributed by atoms with E-state index in [1.165, 1.54) is 6.26 Å². The SMILES string of the molecule is CN(C)NCCS(C)(O)O. The van der Waals surface area contributed by atoms with Gasteiger partial charge in [-0.1, -0.05) is 0 Å². The van der Waals surface area contributed by atoms with E-state index in [9.17, 15) is 0 Å². The van der Waals surface area contributed by atoms with Crippen LogP contribution in [0.3, 0.4) is 0 Å². The molecular formula is C5H16N2O2S. The van der Waals surface area contributed by atoms with Crippen molar-refractivity contribution in [1.29, 1.82) is 0 Å². The molecule has 0 saturated heterocycles. The van der Waals surface area contributed by atoms with Crippen LogP contribution >= 0.6 is 10.6 Å². The number of nitrogens with zero attached hydrogens (tertiary/aromatic N) is 1. The smallest absolute Gasteiger partial charge is 0.0510 e. The van der Waals surface area contributed by atoms with Crippen molar-refractivity contribution < 1.29 is 9.11 Å². The van der Waals surface area contributed by atoms with Crippen LogP contribution in [0, 0.1) is 0 Å². The molecule has 0 atom stereocenters. The van der Waals surface area contributed by atoms with Gasteiger partial charge in [-0.2, -0.15) is 10.6 Å². The lowest BCUT2D eigenvalue weighted by Crippen LogP contribution is -2.33. The predicted molar refractivity (Wildman–Crippen MR) is 45.3 cm³/mol. The van der Waals surface area contributed by atoms with Gasteiger partial charge in [-0.25, -0.2) is 0 Å². The molecule has 0 saturated carbocycles. The molecule has 0 fully saturated rings. The summed E-state index contributed by atoms with van der Waals surface area (Å²) in [5.41, 5.74) is 2.94. The van der Waals surface area contributed by atoms with Gasteiger partial charge in [0.05, 0.1) is 5.75 Å². The molecule has 0 aromatic rings. The van der Waals surface area contributed by atoms with Crippen LogP contribution in [0.2, 0.25) is 0 Å². The third kappa shape index (κ3) is 8.19. The Balaban J connectivity index is 3.21. The number of hydrogen-bond donors (Lipinski definition) is 3. The first-order chi connectivity index (χ1) is 4.42. The maximum atomic E-state index is 8.91. The van der Waals surface area contributed by atoms with Crippen LogP contribution in [0.25, 0.3) is 0 Å². The van der Waals surface area contributed by atoms with E-state index in [2.05, 4.69) is 5.43 Å². The third-order valence-corrected chi connectivity index (χ3v) is 1.89. The van der Waals surface area contributed by atoms with Gasteiger partial charge in [0.1, 0.15) is 0 Å². The molecule has 0 aliphatic heterocycles. The molecule has 0 aliphatic carbocycles. The Hall–Kier alpha value is 0.190.